The molecular weight excluding hydrogens is 290 g/mol. The lowest BCUT2D eigenvalue weighted by atomic mass is 10.0. The number of nitrogens with zero attached hydrogens (tertiary/aromatic N) is 4. The van der Waals surface area contributed by atoms with Crippen molar-refractivity contribution in [2.75, 3.05) is 33.2 Å². The van der Waals surface area contributed by atoms with Crippen LogP contribution in [0.1, 0.15) is 6.23 Å². The minimum absolute atomic E-state index is 0.214. The first kappa shape index (κ1) is 13.8. The molecule has 0 aromatic carbocycles. The summed E-state index contributed by atoms with van der Waals surface area (Å²) in [5.41, 5.74) is 6.36. The molecule has 9 nitrogen and oxygen atoms in total. The summed E-state index contributed by atoms with van der Waals surface area (Å²) in [5, 5.41) is 0. The van der Waals surface area contributed by atoms with Gasteiger partial charge in [-0.2, -0.15) is 0 Å². The largest absolute Gasteiger partial charge is 0.382 e. The highest BCUT2D eigenvalue weighted by Gasteiger charge is 2.63. The van der Waals surface area contributed by atoms with Gasteiger partial charge < -0.3 is 24.7 Å². The predicted molar refractivity (Wildman–Crippen MR) is 75.0 cm³/mol. The molecule has 2 aromatic rings. The Hall–Kier alpha value is -1.81. The Morgan fingerprint density at radius 2 is 2.27 bits per heavy atom. The molecule has 2 bridgehead atoms. The van der Waals surface area contributed by atoms with E-state index >= 15 is 0 Å². The topological polar surface area (TPSA) is 107 Å². The zero-order valence-electron chi connectivity index (χ0n) is 12.3. The quantitative estimate of drug-likeness (QED) is 0.823. The number of anilines is 1. The number of aromatic nitrogens is 4. The van der Waals surface area contributed by atoms with Gasteiger partial charge in [0.05, 0.1) is 19.5 Å². The third-order valence-corrected chi connectivity index (χ3v) is 4.28. The highest BCUT2D eigenvalue weighted by Crippen LogP contribution is 2.47. The number of nitrogen functional groups attached to an aromatic ring is 1. The lowest BCUT2D eigenvalue weighted by molar-refractivity contribution is -0.189. The van der Waals surface area contributed by atoms with Crippen LogP contribution in [0.25, 0.3) is 11.2 Å². The second-order valence-corrected chi connectivity index (χ2v) is 5.52. The van der Waals surface area contributed by atoms with Crippen LogP contribution in [0.3, 0.4) is 0 Å². The zero-order chi connectivity index (χ0) is 15.3. The molecule has 2 aromatic heterocycles. The van der Waals surface area contributed by atoms with E-state index in [1.165, 1.54) is 6.33 Å². The summed E-state index contributed by atoms with van der Waals surface area (Å²) in [4.78, 5) is 12.5. The van der Waals surface area contributed by atoms with Crippen LogP contribution < -0.4 is 5.73 Å². The predicted octanol–water partition coefficient (Wildman–Crippen LogP) is -0.264. The van der Waals surface area contributed by atoms with E-state index in [2.05, 4.69) is 15.0 Å². The van der Waals surface area contributed by atoms with Crippen molar-refractivity contribution in [1.29, 1.82) is 0 Å². The van der Waals surface area contributed by atoms with Gasteiger partial charge in [0.2, 0.25) is 0 Å². The molecule has 9 heteroatoms. The summed E-state index contributed by atoms with van der Waals surface area (Å²) < 4.78 is 24.8. The van der Waals surface area contributed by atoms with Gasteiger partial charge in [-0.05, 0) is 0 Å². The van der Waals surface area contributed by atoms with Crippen molar-refractivity contribution in [2.24, 2.45) is 0 Å². The van der Waals surface area contributed by atoms with Crippen molar-refractivity contribution in [1.82, 2.24) is 19.5 Å². The molecule has 2 aliphatic heterocycles. The van der Waals surface area contributed by atoms with Crippen LogP contribution in [0, 0.1) is 0 Å². The number of imidazole rings is 1. The Morgan fingerprint density at radius 3 is 3.05 bits per heavy atom. The smallest absolute Gasteiger partial charge is 0.167 e. The SMILES string of the molecule is COC[C@@]12CO[C@@H](C1OC)[C@H](n1cnc3c(N)ncnc31)O2. The molecule has 0 spiro atoms. The molecule has 4 rings (SSSR count). The molecule has 4 atom stereocenters. The first-order chi connectivity index (χ1) is 10.7. The maximum absolute atomic E-state index is 6.23. The average Bonchev–Trinajstić information content (AvgIpc) is 3.16. The fraction of sp³-hybridized carbons (Fsp3) is 0.615. The van der Waals surface area contributed by atoms with E-state index in [0.29, 0.717) is 30.2 Å². The van der Waals surface area contributed by atoms with Gasteiger partial charge in [-0.25, -0.2) is 15.0 Å². The monoisotopic (exact) mass is 307 g/mol. The average molecular weight is 307 g/mol. The minimum Gasteiger partial charge on any atom is -0.382 e. The molecule has 2 saturated heterocycles. The van der Waals surface area contributed by atoms with Crippen LogP contribution in [-0.2, 0) is 18.9 Å². The van der Waals surface area contributed by atoms with Crippen LogP contribution in [0.5, 0.6) is 0 Å². The normalized spacial score (nSPS) is 33.8. The Labute approximate surface area is 126 Å². The highest BCUT2D eigenvalue weighted by atomic mass is 16.7. The van der Waals surface area contributed by atoms with Gasteiger partial charge in [0.25, 0.3) is 0 Å². The van der Waals surface area contributed by atoms with Crippen molar-refractivity contribution in [3.63, 3.8) is 0 Å². The molecule has 0 aliphatic carbocycles. The van der Waals surface area contributed by atoms with Crippen molar-refractivity contribution in [3.8, 4) is 0 Å². The van der Waals surface area contributed by atoms with E-state index in [4.69, 9.17) is 24.7 Å². The Balaban J connectivity index is 1.76. The van der Waals surface area contributed by atoms with E-state index in [-0.39, 0.29) is 12.2 Å². The standard InChI is InChI=1S/C13H17N5O4/c1-19-3-13-4-21-8(9(13)20-2)12(22-13)18-6-17-7-10(14)15-5-16-11(7)18/h5-6,8-9,12H,3-4H2,1-2H3,(H2,14,15,16)/t8-,9?,12+,13+/m0/s1. The second-order valence-electron chi connectivity index (χ2n) is 5.52. The molecule has 4 heterocycles. The van der Waals surface area contributed by atoms with E-state index in [1.807, 2.05) is 0 Å². The summed E-state index contributed by atoms with van der Waals surface area (Å²) in [6.07, 6.45) is 2.18. The van der Waals surface area contributed by atoms with Crippen molar-refractivity contribution in [3.05, 3.63) is 12.7 Å². The summed E-state index contributed by atoms with van der Waals surface area (Å²) in [7, 11) is 3.28. The molecule has 1 unspecified atom stereocenters. The summed E-state index contributed by atoms with van der Waals surface area (Å²) in [6.45, 7) is 0.826. The number of nitrogens with two attached hydrogens (primary N) is 1. The summed E-state index contributed by atoms with van der Waals surface area (Å²) in [5.74, 6) is 0.336. The number of fused-ring (bicyclic) bond motifs is 3. The first-order valence-electron chi connectivity index (χ1n) is 6.94. The van der Waals surface area contributed by atoms with Gasteiger partial charge in [-0.1, -0.05) is 0 Å². The lowest BCUT2D eigenvalue weighted by Crippen LogP contribution is -2.45. The van der Waals surface area contributed by atoms with Crippen LogP contribution in [-0.4, -0.2) is 64.8 Å². The summed E-state index contributed by atoms with van der Waals surface area (Å²) in [6, 6.07) is 0. The molecule has 0 radical (unpaired) electrons. The third-order valence-electron chi connectivity index (χ3n) is 4.28. The zero-order valence-corrected chi connectivity index (χ0v) is 12.3. The number of ether oxygens (including phenoxy) is 4. The van der Waals surface area contributed by atoms with Crippen LogP contribution in [0.4, 0.5) is 5.82 Å². The van der Waals surface area contributed by atoms with Gasteiger partial charge in [-0.15, -0.1) is 0 Å². The third kappa shape index (κ3) is 1.70. The number of hydrogen-bond acceptors (Lipinski definition) is 8. The number of rotatable bonds is 4. The molecule has 0 saturated carbocycles. The maximum atomic E-state index is 6.23. The molecule has 2 fully saturated rings. The maximum Gasteiger partial charge on any atom is 0.167 e. The van der Waals surface area contributed by atoms with Crippen LogP contribution in [0.2, 0.25) is 0 Å². The number of hydrogen-bond donors (Lipinski definition) is 1. The fourth-order valence-electron chi connectivity index (χ4n) is 3.37. The Kier molecular flexibility index (Phi) is 3.05. The van der Waals surface area contributed by atoms with E-state index in [1.54, 1.807) is 25.1 Å². The molecule has 2 aliphatic rings. The van der Waals surface area contributed by atoms with Crippen LogP contribution in [0.15, 0.2) is 12.7 Å². The van der Waals surface area contributed by atoms with E-state index < -0.39 is 11.8 Å². The van der Waals surface area contributed by atoms with Crippen molar-refractivity contribution in [2.45, 2.75) is 24.0 Å². The highest BCUT2D eigenvalue weighted by molar-refractivity contribution is 5.81. The van der Waals surface area contributed by atoms with Crippen LogP contribution >= 0.6 is 0 Å². The molecular formula is C13H17N5O4. The summed E-state index contributed by atoms with van der Waals surface area (Å²) >= 11 is 0. The van der Waals surface area contributed by atoms with Crippen molar-refractivity contribution < 1.29 is 18.9 Å². The Bertz CT molecular complexity index is 707. The van der Waals surface area contributed by atoms with Gasteiger partial charge in [0.1, 0.15) is 29.7 Å². The van der Waals surface area contributed by atoms with Gasteiger partial charge >= 0.3 is 0 Å². The molecule has 22 heavy (non-hydrogen) atoms. The van der Waals surface area contributed by atoms with Gasteiger partial charge in [-0.3, -0.25) is 4.57 Å². The molecule has 2 N–H and O–H groups in total. The van der Waals surface area contributed by atoms with Crippen molar-refractivity contribution >= 4 is 17.0 Å². The van der Waals surface area contributed by atoms with Gasteiger partial charge in [0, 0.05) is 14.2 Å². The number of methoxy groups -OCH3 is 2. The van der Waals surface area contributed by atoms with Gasteiger partial charge in [0.15, 0.2) is 17.7 Å². The second kappa shape index (κ2) is 4.85. The fourth-order valence-corrected chi connectivity index (χ4v) is 3.37. The first-order valence-corrected chi connectivity index (χ1v) is 6.94. The molecule has 118 valence electrons. The minimum atomic E-state index is -0.617. The molecule has 0 amide bonds. The van der Waals surface area contributed by atoms with E-state index in [9.17, 15) is 0 Å². The Morgan fingerprint density at radius 1 is 1.41 bits per heavy atom. The van der Waals surface area contributed by atoms with E-state index in [0.717, 1.165) is 0 Å². The lowest BCUT2D eigenvalue weighted by Gasteiger charge is -2.30.